The summed E-state index contributed by atoms with van der Waals surface area (Å²) in [5.41, 5.74) is 0.741. The van der Waals surface area contributed by atoms with E-state index in [-0.39, 0.29) is 22.8 Å². The van der Waals surface area contributed by atoms with E-state index in [0.717, 1.165) is 5.56 Å². The minimum absolute atomic E-state index is 0.0778. The lowest BCUT2D eigenvalue weighted by Gasteiger charge is -2.14. The maximum atomic E-state index is 14.1. The molecule has 0 bridgehead atoms. The van der Waals surface area contributed by atoms with E-state index >= 15 is 0 Å². The molecule has 0 fully saturated rings. The molecule has 0 saturated heterocycles. The van der Waals surface area contributed by atoms with Gasteiger partial charge in [-0.1, -0.05) is 19.8 Å². The van der Waals surface area contributed by atoms with Crippen LogP contribution in [0.15, 0.2) is 18.2 Å². The van der Waals surface area contributed by atoms with E-state index in [1.807, 2.05) is 13.8 Å². The number of nitriles is 1. The van der Waals surface area contributed by atoms with Crippen LogP contribution in [0.1, 0.15) is 36.5 Å². The highest BCUT2D eigenvalue weighted by atomic mass is 19.1. The Balaban J connectivity index is 3.05. The lowest BCUT2D eigenvalue weighted by Crippen LogP contribution is -1.97. The van der Waals surface area contributed by atoms with Crippen molar-refractivity contribution in [1.82, 2.24) is 0 Å². The molecule has 94 valence electrons. The Kier molecular flexibility index (Phi) is 3.15. The second-order valence-electron chi connectivity index (χ2n) is 4.66. The van der Waals surface area contributed by atoms with Crippen LogP contribution >= 0.6 is 0 Å². The summed E-state index contributed by atoms with van der Waals surface area (Å²) in [7, 11) is 0. The van der Waals surface area contributed by atoms with E-state index in [1.165, 1.54) is 12.1 Å². The number of halogens is 1. The predicted molar refractivity (Wildman–Crippen MR) is 72.3 cm³/mol. The van der Waals surface area contributed by atoms with Crippen LogP contribution in [0.3, 0.4) is 0 Å². The van der Waals surface area contributed by atoms with E-state index < -0.39 is 5.82 Å². The largest absolute Gasteiger partial charge is 0.508 e. The standard InChI is InChI=1S/C16H12FNO/c1-4-13-15-10(5-11(8-18)16(13)17)6-12(19)7-14(15)9(2)3/h1,5-7,9,19H,2-3H3. The first kappa shape index (κ1) is 12.9. The summed E-state index contributed by atoms with van der Waals surface area (Å²) in [5, 5.41) is 19.8. The zero-order valence-electron chi connectivity index (χ0n) is 10.7. The van der Waals surface area contributed by atoms with Gasteiger partial charge in [0.1, 0.15) is 11.8 Å². The van der Waals surface area contributed by atoms with Crippen molar-refractivity contribution in [2.45, 2.75) is 19.8 Å². The second-order valence-corrected chi connectivity index (χ2v) is 4.66. The van der Waals surface area contributed by atoms with Crippen molar-refractivity contribution >= 4 is 10.8 Å². The minimum atomic E-state index is -0.676. The fraction of sp³-hybridized carbons (Fsp3) is 0.188. The van der Waals surface area contributed by atoms with Crippen LogP contribution in [0.25, 0.3) is 10.8 Å². The number of nitrogens with zero attached hydrogens (tertiary/aromatic N) is 1. The smallest absolute Gasteiger partial charge is 0.157 e. The Bertz CT molecular complexity index is 748. The molecule has 3 heteroatoms. The third kappa shape index (κ3) is 2.00. The lowest BCUT2D eigenvalue weighted by atomic mass is 9.91. The van der Waals surface area contributed by atoms with Crippen molar-refractivity contribution in [3.63, 3.8) is 0 Å². The summed E-state index contributed by atoms with van der Waals surface area (Å²) in [6, 6.07) is 6.26. The normalized spacial score (nSPS) is 10.4. The third-order valence-corrected chi connectivity index (χ3v) is 3.08. The molecule has 2 aromatic rings. The lowest BCUT2D eigenvalue weighted by molar-refractivity contribution is 0.475. The van der Waals surface area contributed by atoms with Gasteiger partial charge in [0, 0.05) is 5.39 Å². The molecule has 0 aliphatic carbocycles. The first-order valence-corrected chi connectivity index (χ1v) is 5.85. The Hall–Kier alpha value is -2.52. The number of hydrogen-bond donors (Lipinski definition) is 1. The molecule has 0 heterocycles. The molecule has 19 heavy (non-hydrogen) atoms. The van der Waals surface area contributed by atoms with Crippen LogP contribution in [-0.2, 0) is 0 Å². The van der Waals surface area contributed by atoms with Gasteiger partial charge in [-0.25, -0.2) is 4.39 Å². The van der Waals surface area contributed by atoms with E-state index in [0.29, 0.717) is 10.8 Å². The summed E-state index contributed by atoms with van der Waals surface area (Å²) >= 11 is 0. The number of terminal acetylenes is 1. The highest BCUT2D eigenvalue weighted by molar-refractivity contribution is 5.94. The topological polar surface area (TPSA) is 44.0 Å². The summed E-state index contributed by atoms with van der Waals surface area (Å²) < 4.78 is 14.1. The van der Waals surface area contributed by atoms with Gasteiger partial charge < -0.3 is 5.11 Å². The highest BCUT2D eigenvalue weighted by Crippen LogP contribution is 2.34. The van der Waals surface area contributed by atoms with Gasteiger partial charge in [0.25, 0.3) is 0 Å². The van der Waals surface area contributed by atoms with E-state index in [1.54, 1.807) is 12.1 Å². The SMILES string of the molecule is C#Cc1c(F)c(C#N)cc2cc(O)cc(C(C)C)c12. The zero-order chi connectivity index (χ0) is 14.2. The molecule has 0 saturated carbocycles. The van der Waals surface area contributed by atoms with E-state index in [4.69, 9.17) is 11.7 Å². The molecule has 0 aliphatic heterocycles. The van der Waals surface area contributed by atoms with Gasteiger partial charge >= 0.3 is 0 Å². The van der Waals surface area contributed by atoms with Crippen molar-refractivity contribution in [2.75, 3.05) is 0 Å². The Morgan fingerprint density at radius 2 is 2.00 bits per heavy atom. The van der Waals surface area contributed by atoms with Crippen LogP contribution < -0.4 is 0 Å². The Morgan fingerprint density at radius 1 is 1.32 bits per heavy atom. The van der Waals surface area contributed by atoms with Crippen LogP contribution in [0.4, 0.5) is 4.39 Å². The molecule has 0 unspecified atom stereocenters. The number of aromatic hydroxyl groups is 1. The maximum absolute atomic E-state index is 14.1. The molecule has 2 rings (SSSR count). The van der Waals surface area contributed by atoms with Gasteiger partial charge in [-0.15, -0.1) is 6.42 Å². The van der Waals surface area contributed by atoms with Crippen LogP contribution in [0, 0.1) is 29.5 Å². The first-order valence-electron chi connectivity index (χ1n) is 5.85. The fourth-order valence-corrected chi connectivity index (χ4v) is 2.21. The summed E-state index contributed by atoms with van der Waals surface area (Å²) in [5.74, 6) is 1.80. The van der Waals surface area contributed by atoms with Crippen molar-refractivity contribution < 1.29 is 9.50 Å². The average molecular weight is 253 g/mol. The molecule has 1 N–H and O–H groups in total. The molecular weight excluding hydrogens is 241 g/mol. The zero-order valence-corrected chi connectivity index (χ0v) is 10.7. The molecule has 2 aromatic carbocycles. The van der Waals surface area contributed by atoms with Crippen molar-refractivity contribution in [2.24, 2.45) is 0 Å². The average Bonchev–Trinajstić information content (AvgIpc) is 2.37. The second kappa shape index (κ2) is 4.63. The molecule has 0 amide bonds. The quantitative estimate of drug-likeness (QED) is 0.788. The van der Waals surface area contributed by atoms with E-state index in [2.05, 4.69) is 5.92 Å². The van der Waals surface area contributed by atoms with Crippen LogP contribution in [0.5, 0.6) is 5.75 Å². The molecule has 0 aliphatic rings. The molecular formula is C16H12FNO. The minimum Gasteiger partial charge on any atom is -0.508 e. The van der Waals surface area contributed by atoms with Gasteiger partial charge in [0.05, 0.1) is 11.1 Å². The van der Waals surface area contributed by atoms with Gasteiger partial charge in [-0.05, 0) is 35.1 Å². The van der Waals surface area contributed by atoms with Crippen molar-refractivity contribution in [1.29, 1.82) is 5.26 Å². The predicted octanol–water partition coefficient (Wildman–Crippen LogP) is 3.66. The molecule has 0 aromatic heterocycles. The number of phenolic OH excluding ortho intramolecular Hbond substituents is 1. The molecule has 0 radical (unpaired) electrons. The number of fused-ring (bicyclic) bond motifs is 1. The van der Waals surface area contributed by atoms with Gasteiger partial charge in [-0.3, -0.25) is 0 Å². The number of rotatable bonds is 1. The van der Waals surface area contributed by atoms with E-state index in [9.17, 15) is 9.50 Å². The van der Waals surface area contributed by atoms with Crippen LogP contribution in [-0.4, -0.2) is 5.11 Å². The van der Waals surface area contributed by atoms with Crippen LogP contribution in [0.2, 0.25) is 0 Å². The third-order valence-electron chi connectivity index (χ3n) is 3.08. The van der Waals surface area contributed by atoms with Crippen molar-refractivity contribution in [3.8, 4) is 24.2 Å². The van der Waals surface area contributed by atoms with Gasteiger partial charge in [-0.2, -0.15) is 5.26 Å². The van der Waals surface area contributed by atoms with Crippen molar-refractivity contribution in [3.05, 3.63) is 40.7 Å². The summed E-state index contributed by atoms with van der Waals surface area (Å²) in [4.78, 5) is 0. The number of phenols is 1. The Morgan fingerprint density at radius 3 is 2.53 bits per heavy atom. The molecule has 0 spiro atoms. The number of hydrogen-bond acceptors (Lipinski definition) is 2. The van der Waals surface area contributed by atoms with Gasteiger partial charge in [0.2, 0.25) is 0 Å². The summed E-state index contributed by atoms with van der Waals surface area (Å²) in [6.07, 6.45) is 5.39. The fourth-order valence-electron chi connectivity index (χ4n) is 2.21. The monoisotopic (exact) mass is 253 g/mol. The Labute approximate surface area is 111 Å². The first-order chi connectivity index (χ1) is 8.99. The highest BCUT2D eigenvalue weighted by Gasteiger charge is 2.17. The molecule has 0 atom stereocenters. The molecule has 2 nitrogen and oxygen atoms in total. The number of benzene rings is 2. The summed E-state index contributed by atoms with van der Waals surface area (Å²) in [6.45, 7) is 3.87. The maximum Gasteiger partial charge on any atom is 0.157 e. The van der Waals surface area contributed by atoms with Gasteiger partial charge in [0.15, 0.2) is 5.82 Å².